The Bertz CT molecular complexity index is 430. The van der Waals surface area contributed by atoms with E-state index in [4.69, 9.17) is 5.11 Å². The molecule has 1 N–H and O–H groups in total. The first-order valence-electron chi connectivity index (χ1n) is 5.35. The van der Waals surface area contributed by atoms with E-state index in [-0.39, 0.29) is 12.5 Å². The highest BCUT2D eigenvalue weighted by Crippen LogP contribution is 2.24. The smallest absolute Gasteiger partial charge is 0.308 e. The van der Waals surface area contributed by atoms with Crippen LogP contribution in [0.25, 0.3) is 0 Å². The minimum Gasteiger partial charge on any atom is -0.481 e. The van der Waals surface area contributed by atoms with Gasteiger partial charge >= 0.3 is 5.97 Å². The van der Waals surface area contributed by atoms with Gasteiger partial charge in [0, 0.05) is 19.3 Å². The molecule has 17 heavy (non-hydrogen) atoms. The van der Waals surface area contributed by atoms with Gasteiger partial charge in [-0.25, -0.2) is 8.42 Å². The summed E-state index contributed by atoms with van der Waals surface area (Å²) in [7, 11) is -3.43. The number of carboxylic acids is 1. The molecule has 1 amide bonds. The number of sulfone groups is 1. The monoisotopic (exact) mass is 263 g/mol. The van der Waals surface area contributed by atoms with E-state index in [2.05, 4.69) is 0 Å². The largest absolute Gasteiger partial charge is 0.481 e. The fraction of sp³-hybridized carbons (Fsp3) is 0.800. The lowest BCUT2D eigenvalue weighted by Gasteiger charge is -2.19. The Morgan fingerprint density at radius 1 is 1.35 bits per heavy atom. The average molecular weight is 263 g/mol. The number of carbonyl (C=O) groups is 2. The number of carboxylic acid groups (broad SMARTS) is 1. The molecule has 1 aliphatic heterocycles. The summed E-state index contributed by atoms with van der Waals surface area (Å²) in [5.74, 6) is -2.21. The normalized spacial score (nSPS) is 26.9. The maximum absolute atomic E-state index is 11.9. The minimum atomic E-state index is -3.43. The fourth-order valence-electron chi connectivity index (χ4n) is 1.91. The zero-order valence-electron chi connectivity index (χ0n) is 10.1. The second kappa shape index (κ2) is 4.64. The van der Waals surface area contributed by atoms with Gasteiger partial charge in [0.05, 0.1) is 5.92 Å². The summed E-state index contributed by atoms with van der Waals surface area (Å²) in [4.78, 5) is 24.1. The Morgan fingerprint density at radius 2 is 1.88 bits per heavy atom. The number of likely N-dealkylation sites (tertiary alicyclic amines) is 1. The van der Waals surface area contributed by atoms with Crippen molar-refractivity contribution in [2.75, 3.05) is 19.3 Å². The lowest BCUT2D eigenvalue weighted by Crippen LogP contribution is -2.40. The molecule has 0 radical (unpaired) electrons. The first-order valence-corrected chi connectivity index (χ1v) is 7.30. The van der Waals surface area contributed by atoms with Crippen LogP contribution in [0.1, 0.15) is 13.8 Å². The fourth-order valence-corrected chi connectivity index (χ4v) is 2.42. The van der Waals surface area contributed by atoms with Crippen LogP contribution in [0.4, 0.5) is 0 Å². The van der Waals surface area contributed by atoms with E-state index >= 15 is 0 Å². The van der Waals surface area contributed by atoms with Gasteiger partial charge in [0.15, 0.2) is 9.84 Å². The van der Waals surface area contributed by atoms with Crippen molar-refractivity contribution in [2.24, 2.45) is 11.8 Å². The van der Waals surface area contributed by atoms with Crippen LogP contribution < -0.4 is 0 Å². The maximum Gasteiger partial charge on any atom is 0.308 e. The summed E-state index contributed by atoms with van der Waals surface area (Å²) >= 11 is 0. The molecule has 3 atom stereocenters. The molecule has 0 spiro atoms. The van der Waals surface area contributed by atoms with Crippen LogP contribution in [0, 0.1) is 11.8 Å². The van der Waals surface area contributed by atoms with E-state index in [1.165, 1.54) is 11.8 Å². The first kappa shape index (κ1) is 14.0. The maximum atomic E-state index is 11.9. The van der Waals surface area contributed by atoms with Crippen LogP contribution in [0.15, 0.2) is 0 Å². The third kappa shape index (κ3) is 2.96. The van der Waals surface area contributed by atoms with Gasteiger partial charge in [0.1, 0.15) is 5.25 Å². The van der Waals surface area contributed by atoms with Gasteiger partial charge in [-0.05, 0) is 12.8 Å². The van der Waals surface area contributed by atoms with E-state index < -0.39 is 32.9 Å². The van der Waals surface area contributed by atoms with Crippen molar-refractivity contribution in [3.63, 3.8) is 0 Å². The van der Waals surface area contributed by atoms with E-state index in [0.717, 1.165) is 6.26 Å². The second-order valence-corrected chi connectivity index (χ2v) is 7.00. The molecular weight excluding hydrogens is 246 g/mol. The topological polar surface area (TPSA) is 91.8 Å². The van der Waals surface area contributed by atoms with Crippen molar-refractivity contribution < 1.29 is 23.1 Å². The average Bonchev–Trinajstić information content (AvgIpc) is 2.56. The van der Waals surface area contributed by atoms with Crippen molar-refractivity contribution in [2.45, 2.75) is 19.1 Å². The molecule has 1 saturated heterocycles. The lowest BCUT2D eigenvalue weighted by atomic mass is 9.99. The Labute approximate surface area is 101 Å². The molecule has 0 aromatic heterocycles. The summed E-state index contributed by atoms with van der Waals surface area (Å²) in [6.07, 6.45) is 1.00. The van der Waals surface area contributed by atoms with Crippen LogP contribution >= 0.6 is 0 Å². The van der Waals surface area contributed by atoms with E-state index in [9.17, 15) is 18.0 Å². The van der Waals surface area contributed by atoms with Crippen molar-refractivity contribution in [1.29, 1.82) is 0 Å². The van der Waals surface area contributed by atoms with Crippen LogP contribution in [-0.2, 0) is 19.4 Å². The molecule has 1 heterocycles. The van der Waals surface area contributed by atoms with Crippen LogP contribution in [0.5, 0.6) is 0 Å². The molecule has 1 unspecified atom stereocenters. The van der Waals surface area contributed by atoms with Crippen molar-refractivity contribution in [3.05, 3.63) is 0 Å². The van der Waals surface area contributed by atoms with Crippen LogP contribution in [-0.4, -0.2) is 54.9 Å². The molecule has 0 bridgehead atoms. The van der Waals surface area contributed by atoms with Gasteiger partial charge in [-0.15, -0.1) is 0 Å². The Morgan fingerprint density at radius 3 is 2.24 bits per heavy atom. The standard InChI is InChI=1S/C10H17NO5S/c1-6-4-11(5-8(6)10(13)14)9(12)7(2)17(3,15)16/h6-8H,4-5H2,1-3H3,(H,13,14)/t6-,7?,8-/m1/s1. The van der Waals surface area contributed by atoms with E-state index in [1.807, 2.05) is 0 Å². The Kier molecular flexibility index (Phi) is 3.81. The lowest BCUT2D eigenvalue weighted by molar-refractivity contribution is -0.142. The predicted octanol–water partition coefficient (Wildman–Crippen LogP) is -0.401. The van der Waals surface area contributed by atoms with Gasteiger partial charge in [0.2, 0.25) is 5.91 Å². The molecule has 0 saturated carbocycles. The molecule has 98 valence electrons. The summed E-state index contributed by atoms with van der Waals surface area (Å²) < 4.78 is 22.5. The summed E-state index contributed by atoms with van der Waals surface area (Å²) in [6, 6.07) is 0. The zero-order chi connectivity index (χ0) is 13.4. The number of hydrogen-bond acceptors (Lipinski definition) is 4. The highest BCUT2D eigenvalue weighted by atomic mass is 32.2. The molecule has 1 rings (SSSR count). The zero-order valence-corrected chi connectivity index (χ0v) is 10.9. The number of hydrogen-bond donors (Lipinski definition) is 1. The second-order valence-electron chi connectivity index (χ2n) is 4.64. The van der Waals surface area contributed by atoms with Gasteiger partial charge in [-0.2, -0.15) is 0 Å². The summed E-state index contributed by atoms with van der Waals surface area (Å²) in [6.45, 7) is 3.47. The van der Waals surface area contributed by atoms with Gasteiger partial charge in [-0.1, -0.05) is 6.92 Å². The molecular formula is C10H17NO5S. The number of carbonyl (C=O) groups excluding carboxylic acids is 1. The quantitative estimate of drug-likeness (QED) is 0.748. The van der Waals surface area contributed by atoms with Gasteiger partial charge in [0.25, 0.3) is 0 Å². The molecule has 7 heteroatoms. The van der Waals surface area contributed by atoms with E-state index in [1.54, 1.807) is 6.92 Å². The van der Waals surface area contributed by atoms with Crippen LogP contribution in [0.2, 0.25) is 0 Å². The molecule has 1 fully saturated rings. The Balaban J connectivity index is 2.78. The Hall–Kier alpha value is -1.11. The highest BCUT2D eigenvalue weighted by Gasteiger charge is 2.39. The molecule has 0 aromatic carbocycles. The summed E-state index contributed by atoms with van der Waals surface area (Å²) in [5.41, 5.74) is 0. The molecule has 1 aliphatic rings. The van der Waals surface area contributed by atoms with E-state index in [0.29, 0.717) is 6.54 Å². The van der Waals surface area contributed by atoms with Crippen LogP contribution in [0.3, 0.4) is 0 Å². The highest BCUT2D eigenvalue weighted by molar-refractivity contribution is 7.92. The number of amides is 1. The van der Waals surface area contributed by atoms with Crippen molar-refractivity contribution in [3.8, 4) is 0 Å². The van der Waals surface area contributed by atoms with Crippen molar-refractivity contribution >= 4 is 21.7 Å². The number of nitrogens with zero attached hydrogens (tertiary/aromatic N) is 1. The summed E-state index contributed by atoms with van der Waals surface area (Å²) in [5, 5.41) is 7.82. The third-order valence-electron chi connectivity index (χ3n) is 3.23. The third-order valence-corrected chi connectivity index (χ3v) is 4.72. The van der Waals surface area contributed by atoms with Crippen molar-refractivity contribution in [1.82, 2.24) is 4.90 Å². The molecule has 0 aliphatic carbocycles. The SMILES string of the molecule is CC(C(=O)N1C[C@@H](C)[C@H](C(=O)O)C1)S(C)(=O)=O. The van der Waals surface area contributed by atoms with Gasteiger partial charge in [-0.3, -0.25) is 9.59 Å². The number of rotatable bonds is 3. The molecule has 6 nitrogen and oxygen atoms in total. The molecule has 0 aromatic rings. The predicted molar refractivity (Wildman–Crippen MR) is 61.2 cm³/mol. The van der Waals surface area contributed by atoms with Gasteiger partial charge < -0.3 is 10.0 Å². The number of aliphatic carboxylic acids is 1. The first-order chi connectivity index (χ1) is 7.64. The minimum absolute atomic E-state index is 0.0925.